The van der Waals surface area contributed by atoms with Crippen molar-refractivity contribution in [2.24, 2.45) is 0 Å². The Bertz CT molecular complexity index is 830. The topological polar surface area (TPSA) is 37.8 Å². The van der Waals surface area contributed by atoms with E-state index in [1.165, 1.54) is 0 Å². The highest BCUT2D eigenvalue weighted by Crippen LogP contribution is 2.24. The molecule has 0 saturated heterocycles. The van der Waals surface area contributed by atoms with E-state index in [-0.39, 0.29) is 6.04 Å². The summed E-state index contributed by atoms with van der Waals surface area (Å²) in [6.45, 7) is 2.09. The summed E-state index contributed by atoms with van der Waals surface area (Å²) in [5.74, 6) is 7.20. The molecule has 22 heavy (non-hydrogen) atoms. The number of hydrogen-bond donors (Lipinski definition) is 1. The van der Waals surface area contributed by atoms with Gasteiger partial charge < -0.3 is 5.32 Å². The number of nitrogens with zero attached hydrogens (tertiary/aromatic N) is 2. The number of halogens is 1. The van der Waals surface area contributed by atoms with E-state index in [1.54, 1.807) is 17.7 Å². The van der Waals surface area contributed by atoms with Gasteiger partial charge >= 0.3 is 0 Å². The number of aromatic nitrogens is 2. The highest BCUT2D eigenvalue weighted by atomic mass is 35.5. The first-order chi connectivity index (χ1) is 10.7. The molecule has 0 fully saturated rings. The van der Waals surface area contributed by atoms with E-state index in [1.807, 2.05) is 35.7 Å². The van der Waals surface area contributed by atoms with Crippen molar-refractivity contribution in [2.45, 2.75) is 19.4 Å². The maximum absolute atomic E-state index is 5.86. The Morgan fingerprint density at radius 3 is 2.86 bits per heavy atom. The van der Waals surface area contributed by atoms with Crippen molar-refractivity contribution in [1.82, 2.24) is 9.97 Å². The average molecular weight is 328 g/mol. The molecule has 1 aromatic carbocycles. The summed E-state index contributed by atoms with van der Waals surface area (Å²) in [6.07, 6.45) is 2.32. The summed E-state index contributed by atoms with van der Waals surface area (Å²) in [7, 11) is 0. The maximum Gasteiger partial charge on any atom is 0.138 e. The average Bonchev–Trinajstić information content (AvgIpc) is 2.99. The lowest BCUT2D eigenvalue weighted by Gasteiger charge is -2.11. The zero-order valence-electron chi connectivity index (χ0n) is 12.0. The normalized spacial score (nSPS) is 11.7. The zero-order chi connectivity index (χ0) is 15.4. The molecule has 5 heteroatoms. The van der Waals surface area contributed by atoms with Crippen LogP contribution in [0.15, 0.2) is 42.0 Å². The Kier molecular flexibility index (Phi) is 4.57. The number of anilines is 1. The van der Waals surface area contributed by atoms with Crippen LogP contribution in [-0.4, -0.2) is 16.0 Å². The van der Waals surface area contributed by atoms with Gasteiger partial charge in [-0.2, -0.15) is 0 Å². The minimum absolute atomic E-state index is 0.206. The molecule has 3 aromatic rings. The molecule has 1 N–H and O–H groups in total. The summed E-state index contributed by atoms with van der Waals surface area (Å²) in [5, 5.41) is 7.21. The predicted molar refractivity (Wildman–Crippen MR) is 93.4 cm³/mol. The van der Waals surface area contributed by atoms with Crippen LogP contribution in [0.4, 0.5) is 5.82 Å². The number of thiophene rings is 1. The molecule has 0 spiro atoms. The van der Waals surface area contributed by atoms with E-state index in [2.05, 4.69) is 34.0 Å². The van der Waals surface area contributed by atoms with Crippen molar-refractivity contribution >= 4 is 39.0 Å². The van der Waals surface area contributed by atoms with Crippen molar-refractivity contribution < 1.29 is 0 Å². The minimum Gasteiger partial charge on any atom is -0.366 e. The molecule has 110 valence electrons. The Morgan fingerprint density at radius 2 is 2.05 bits per heavy atom. The third-order valence-corrected chi connectivity index (χ3v) is 4.20. The molecule has 0 aliphatic rings. The lowest BCUT2D eigenvalue weighted by atomic mass is 10.2. The molecular formula is C17H14ClN3S. The highest BCUT2D eigenvalue weighted by molar-refractivity contribution is 7.16. The summed E-state index contributed by atoms with van der Waals surface area (Å²) >= 11 is 7.47. The van der Waals surface area contributed by atoms with E-state index >= 15 is 0 Å². The van der Waals surface area contributed by atoms with Crippen molar-refractivity contribution in [3.63, 3.8) is 0 Å². The van der Waals surface area contributed by atoms with Gasteiger partial charge in [0, 0.05) is 23.0 Å². The third kappa shape index (κ3) is 3.56. The Morgan fingerprint density at radius 1 is 1.23 bits per heavy atom. The SMILES string of the molecule is CC(CC#Cc1ccc(Cl)cc1)Nc1ncnc2sccc12. The van der Waals surface area contributed by atoms with Gasteiger partial charge in [0.2, 0.25) is 0 Å². The molecule has 3 rings (SSSR count). The van der Waals surface area contributed by atoms with Crippen LogP contribution in [-0.2, 0) is 0 Å². The van der Waals surface area contributed by atoms with E-state index in [0.29, 0.717) is 0 Å². The van der Waals surface area contributed by atoms with Crippen molar-refractivity contribution in [2.75, 3.05) is 5.32 Å². The predicted octanol–water partition coefficient (Wildman–Crippen LogP) is 4.59. The van der Waals surface area contributed by atoms with Gasteiger partial charge in [0.1, 0.15) is 17.0 Å². The molecule has 0 amide bonds. The fourth-order valence-electron chi connectivity index (χ4n) is 2.03. The number of benzene rings is 1. The van der Waals surface area contributed by atoms with Crippen molar-refractivity contribution in [3.8, 4) is 11.8 Å². The molecular weight excluding hydrogens is 314 g/mol. The molecule has 0 saturated carbocycles. The molecule has 1 unspecified atom stereocenters. The fourth-order valence-corrected chi connectivity index (χ4v) is 2.89. The number of rotatable bonds is 3. The summed E-state index contributed by atoms with van der Waals surface area (Å²) in [5.41, 5.74) is 0.971. The van der Waals surface area contributed by atoms with Crippen LogP contribution in [0.2, 0.25) is 5.02 Å². The lowest BCUT2D eigenvalue weighted by molar-refractivity contribution is 0.822. The van der Waals surface area contributed by atoms with E-state index in [9.17, 15) is 0 Å². The Balaban J connectivity index is 1.64. The molecule has 2 heterocycles. The van der Waals surface area contributed by atoms with E-state index < -0.39 is 0 Å². The van der Waals surface area contributed by atoms with Gasteiger partial charge in [-0.15, -0.1) is 11.3 Å². The van der Waals surface area contributed by atoms with Crippen molar-refractivity contribution in [3.05, 3.63) is 52.6 Å². The van der Waals surface area contributed by atoms with Crippen LogP contribution < -0.4 is 5.32 Å². The molecule has 0 bridgehead atoms. The van der Waals surface area contributed by atoms with Gasteiger partial charge in [0.05, 0.1) is 5.39 Å². The first-order valence-electron chi connectivity index (χ1n) is 6.91. The number of hydrogen-bond acceptors (Lipinski definition) is 4. The fraction of sp³-hybridized carbons (Fsp3) is 0.176. The van der Waals surface area contributed by atoms with Gasteiger partial charge in [-0.3, -0.25) is 0 Å². The van der Waals surface area contributed by atoms with Gasteiger partial charge in [0.15, 0.2) is 0 Å². The van der Waals surface area contributed by atoms with Crippen LogP contribution >= 0.6 is 22.9 Å². The summed E-state index contributed by atoms with van der Waals surface area (Å²) in [6, 6.07) is 9.79. The van der Waals surface area contributed by atoms with Gasteiger partial charge in [0.25, 0.3) is 0 Å². The molecule has 2 aromatic heterocycles. The molecule has 0 aliphatic carbocycles. The molecule has 0 aliphatic heterocycles. The van der Waals surface area contributed by atoms with Crippen LogP contribution in [0, 0.1) is 11.8 Å². The van der Waals surface area contributed by atoms with Gasteiger partial charge in [-0.1, -0.05) is 23.4 Å². The quantitative estimate of drug-likeness (QED) is 0.715. The minimum atomic E-state index is 0.206. The Hall–Kier alpha value is -2.09. The summed E-state index contributed by atoms with van der Waals surface area (Å²) in [4.78, 5) is 9.56. The van der Waals surface area contributed by atoms with Crippen LogP contribution in [0.25, 0.3) is 10.2 Å². The summed E-state index contributed by atoms with van der Waals surface area (Å²) < 4.78 is 0. The number of nitrogens with one attached hydrogen (secondary N) is 1. The van der Waals surface area contributed by atoms with Crippen LogP contribution in [0.5, 0.6) is 0 Å². The third-order valence-electron chi connectivity index (χ3n) is 3.13. The van der Waals surface area contributed by atoms with Gasteiger partial charge in [-0.05, 0) is 42.6 Å². The first kappa shape index (κ1) is 14.8. The standard InChI is InChI=1S/C17H14ClN3S/c1-12(3-2-4-13-5-7-14(18)8-6-13)21-16-15-9-10-22-17(15)20-11-19-16/h5-12H,3H2,1H3,(H,19,20,21). The van der Waals surface area contributed by atoms with E-state index in [4.69, 9.17) is 11.6 Å². The molecule has 0 radical (unpaired) electrons. The molecule has 1 atom stereocenters. The van der Waals surface area contributed by atoms with Crippen LogP contribution in [0.3, 0.4) is 0 Å². The smallest absolute Gasteiger partial charge is 0.138 e. The van der Waals surface area contributed by atoms with Crippen molar-refractivity contribution in [1.29, 1.82) is 0 Å². The van der Waals surface area contributed by atoms with Crippen LogP contribution in [0.1, 0.15) is 18.9 Å². The highest BCUT2D eigenvalue weighted by Gasteiger charge is 2.07. The monoisotopic (exact) mass is 327 g/mol. The second-order valence-corrected chi connectivity index (χ2v) is 6.25. The Labute approximate surface area is 138 Å². The zero-order valence-corrected chi connectivity index (χ0v) is 13.6. The van der Waals surface area contributed by atoms with E-state index in [0.717, 1.165) is 33.0 Å². The van der Waals surface area contributed by atoms with Gasteiger partial charge in [-0.25, -0.2) is 9.97 Å². The maximum atomic E-state index is 5.86. The lowest BCUT2D eigenvalue weighted by Crippen LogP contribution is -2.15. The largest absolute Gasteiger partial charge is 0.366 e. The second kappa shape index (κ2) is 6.78. The second-order valence-electron chi connectivity index (χ2n) is 4.92. The first-order valence-corrected chi connectivity index (χ1v) is 8.17. The number of fused-ring (bicyclic) bond motifs is 1. The molecule has 3 nitrogen and oxygen atoms in total.